The van der Waals surface area contributed by atoms with Gasteiger partial charge in [-0.25, -0.2) is 0 Å². The highest BCUT2D eigenvalue weighted by molar-refractivity contribution is 9.10. The smallest absolute Gasteiger partial charge is 0.128 e. The van der Waals surface area contributed by atoms with Crippen molar-refractivity contribution in [3.05, 3.63) is 105 Å². The molecular weight excluding hydrogens is 582 g/mol. The first-order chi connectivity index (χ1) is 17.1. The van der Waals surface area contributed by atoms with E-state index >= 15 is 0 Å². The second kappa shape index (κ2) is 9.41. The third-order valence-electron chi connectivity index (χ3n) is 6.65. The van der Waals surface area contributed by atoms with Crippen molar-refractivity contribution >= 4 is 60.4 Å². The van der Waals surface area contributed by atoms with Crippen molar-refractivity contribution in [3.8, 4) is 22.4 Å². The molecular formula is C29H23Br2N3S. The second-order valence-electron chi connectivity index (χ2n) is 8.85. The van der Waals surface area contributed by atoms with Crippen molar-refractivity contribution in [2.24, 2.45) is 0 Å². The van der Waals surface area contributed by atoms with Gasteiger partial charge in [0.2, 0.25) is 0 Å². The maximum Gasteiger partial charge on any atom is 0.128 e. The Hall–Kier alpha value is -2.67. The van der Waals surface area contributed by atoms with Gasteiger partial charge in [-0.15, -0.1) is 0 Å². The fourth-order valence-electron chi connectivity index (χ4n) is 5.10. The number of halogens is 2. The van der Waals surface area contributed by atoms with E-state index in [1.54, 1.807) is 0 Å². The lowest BCUT2D eigenvalue weighted by Gasteiger charge is -2.12. The van der Waals surface area contributed by atoms with Crippen LogP contribution < -0.4 is 5.32 Å². The van der Waals surface area contributed by atoms with Gasteiger partial charge >= 0.3 is 0 Å². The molecule has 0 unspecified atom stereocenters. The molecule has 0 amide bonds. The summed E-state index contributed by atoms with van der Waals surface area (Å²) < 4.78 is 6.94. The number of benzene rings is 3. The molecule has 5 aromatic rings. The van der Waals surface area contributed by atoms with Crippen LogP contribution >= 0.6 is 44.1 Å². The third-order valence-corrected chi connectivity index (χ3v) is 8.01. The largest absolute Gasteiger partial charge is 0.345 e. The van der Waals surface area contributed by atoms with Gasteiger partial charge in [0, 0.05) is 38.5 Å². The van der Waals surface area contributed by atoms with Crippen LogP contribution in [-0.4, -0.2) is 14.0 Å². The number of hydrogen-bond donors (Lipinski definition) is 1. The Labute approximate surface area is 227 Å². The van der Waals surface area contributed by atoms with Crippen LogP contribution in [0, 0.1) is 0 Å². The Morgan fingerprint density at radius 1 is 0.800 bits per heavy atom. The molecule has 0 saturated heterocycles. The average Bonchev–Trinajstić information content (AvgIpc) is 3.29. The van der Waals surface area contributed by atoms with Crippen LogP contribution in [0.25, 0.3) is 28.0 Å². The number of nitrogens with one attached hydrogen (secondary N) is 1. The van der Waals surface area contributed by atoms with Gasteiger partial charge in [-0.3, -0.25) is 4.40 Å². The normalized spacial score (nSPS) is 13.1. The summed E-state index contributed by atoms with van der Waals surface area (Å²) in [6, 6.07) is 27.4. The van der Waals surface area contributed by atoms with Gasteiger partial charge in [-0.2, -0.15) is 0 Å². The molecule has 0 saturated carbocycles. The third kappa shape index (κ3) is 4.18. The van der Waals surface area contributed by atoms with Crippen LogP contribution in [0.5, 0.6) is 0 Å². The molecule has 0 aliphatic carbocycles. The maximum absolute atomic E-state index is 6.10. The minimum Gasteiger partial charge on any atom is -0.345 e. The van der Waals surface area contributed by atoms with Gasteiger partial charge in [0.1, 0.15) is 10.6 Å². The highest BCUT2D eigenvalue weighted by atomic mass is 79.9. The molecule has 1 aliphatic heterocycles. The van der Waals surface area contributed by atoms with E-state index in [1.165, 1.54) is 33.6 Å². The Morgan fingerprint density at radius 3 is 2.20 bits per heavy atom. The first-order valence-electron chi connectivity index (χ1n) is 11.7. The Kier molecular flexibility index (Phi) is 6.13. The molecule has 0 atom stereocenters. The lowest BCUT2D eigenvalue weighted by Crippen LogP contribution is -2.14. The number of anilines is 1. The molecule has 3 aromatic carbocycles. The zero-order valence-corrected chi connectivity index (χ0v) is 23.0. The molecule has 6 rings (SSSR count). The van der Waals surface area contributed by atoms with E-state index < -0.39 is 0 Å². The topological polar surface area (TPSA) is 21.4 Å². The molecule has 1 N–H and O–H groups in total. The molecule has 1 aliphatic rings. The molecule has 2 aromatic heterocycles. The lowest BCUT2D eigenvalue weighted by atomic mass is 9.98. The van der Waals surface area contributed by atoms with Crippen molar-refractivity contribution < 1.29 is 0 Å². The van der Waals surface area contributed by atoms with Crippen LogP contribution in [0.2, 0.25) is 0 Å². The first kappa shape index (κ1) is 22.8. The number of aromatic nitrogens is 2. The molecule has 6 heteroatoms. The predicted octanol–water partition coefficient (Wildman–Crippen LogP) is 8.72. The lowest BCUT2D eigenvalue weighted by molar-refractivity contribution is 0.647. The van der Waals surface area contributed by atoms with Gasteiger partial charge in [0.05, 0.1) is 11.4 Å². The fraction of sp³-hybridized carbons (Fsp3) is 0.138. The number of thiocarbonyl (C=S) groups is 1. The maximum atomic E-state index is 6.10. The van der Waals surface area contributed by atoms with Gasteiger partial charge < -0.3 is 9.88 Å². The van der Waals surface area contributed by atoms with Crippen molar-refractivity contribution in [2.75, 3.05) is 5.32 Å². The van der Waals surface area contributed by atoms with Gasteiger partial charge in [-0.05, 0) is 66.8 Å². The van der Waals surface area contributed by atoms with E-state index in [1.807, 2.05) is 24.3 Å². The molecule has 0 radical (unpaired) electrons. The minimum atomic E-state index is 0.726. The average molecular weight is 605 g/mol. The monoisotopic (exact) mass is 603 g/mol. The van der Waals surface area contributed by atoms with Crippen LogP contribution in [-0.2, 0) is 13.0 Å². The van der Waals surface area contributed by atoms with E-state index in [9.17, 15) is 0 Å². The number of hydrogen-bond acceptors (Lipinski definition) is 1. The van der Waals surface area contributed by atoms with E-state index in [2.05, 4.69) is 107 Å². The minimum absolute atomic E-state index is 0.726. The Balaban J connectivity index is 1.60. The summed E-state index contributed by atoms with van der Waals surface area (Å²) in [5.41, 5.74) is 9.55. The highest BCUT2D eigenvalue weighted by Crippen LogP contribution is 2.40. The highest BCUT2D eigenvalue weighted by Gasteiger charge is 2.28. The van der Waals surface area contributed by atoms with Crippen LogP contribution in [0.1, 0.15) is 24.1 Å². The van der Waals surface area contributed by atoms with Crippen molar-refractivity contribution in [1.82, 2.24) is 8.97 Å². The molecule has 35 heavy (non-hydrogen) atoms. The van der Waals surface area contributed by atoms with Crippen molar-refractivity contribution in [1.29, 1.82) is 0 Å². The number of aryl methyl sites for hydroxylation is 2. The summed E-state index contributed by atoms with van der Waals surface area (Å²) in [5, 5.41) is 3.51. The summed E-state index contributed by atoms with van der Waals surface area (Å²) in [6.07, 6.45) is 5.63. The Morgan fingerprint density at radius 2 is 1.49 bits per heavy atom. The number of imidazole rings is 1. The zero-order valence-electron chi connectivity index (χ0n) is 19.0. The van der Waals surface area contributed by atoms with Gasteiger partial charge in [0.15, 0.2) is 0 Å². The molecule has 0 bridgehead atoms. The molecule has 3 nitrogen and oxygen atoms in total. The van der Waals surface area contributed by atoms with Crippen molar-refractivity contribution in [3.63, 3.8) is 0 Å². The van der Waals surface area contributed by atoms with Crippen LogP contribution in [0.3, 0.4) is 0 Å². The van der Waals surface area contributed by atoms with Crippen LogP contribution in [0.15, 0.2) is 94.0 Å². The Bertz CT molecular complexity index is 1530. The summed E-state index contributed by atoms with van der Waals surface area (Å²) in [7, 11) is 0. The standard InChI is InChI=1S/C29H23Br2N3S/c30-21-11-9-20(10-12-21)26-24-8-4-5-17-33-25(19-6-2-1-3-7-19)18-34(29(24)33)27(26)28(35)32-23-15-13-22(31)14-16-23/h1-3,6-7,9-16,18H,4-5,8,17H2,(H,32,35). The van der Waals surface area contributed by atoms with Crippen LogP contribution in [0.4, 0.5) is 5.69 Å². The van der Waals surface area contributed by atoms with E-state index in [0.29, 0.717) is 0 Å². The zero-order chi connectivity index (χ0) is 23.9. The SMILES string of the molecule is S=C(Nc1ccc(Br)cc1)c1c(-c2ccc(Br)cc2)c2c3n(c(-c4ccccc4)cn13)CCCC2. The molecule has 3 heterocycles. The quantitative estimate of drug-likeness (QED) is 0.207. The number of rotatable bonds is 4. The van der Waals surface area contributed by atoms with E-state index in [4.69, 9.17) is 12.2 Å². The predicted molar refractivity (Wildman–Crippen MR) is 156 cm³/mol. The van der Waals surface area contributed by atoms with Gasteiger partial charge in [-0.1, -0.05) is 86.5 Å². The van der Waals surface area contributed by atoms with E-state index in [-0.39, 0.29) is 0 Å². The second-order valence-corrected chi connectivity index (χ2v) is 11.1. The molecule has 0 spiro atoms. The molecule has 0 fully saturated rings. The van der Waals surface area contributed by atoms with Crippen molar-refractivity contribution in [2.45, 2.75) is 25.8 Å². The number of nitrogens with zero attached hydrogens (tertiary/aromatic N) is 2. The first-order valence-corrected chi connectivity index (χ1v) is 13.7. The molecule has 174 valence electrons. The summed E-state index contributed by atoms with van der Waals surface area (Å²) in [4.78, 5) is 0.726. The summed E-state index contributed by atoms with van der Waals surface area (Å²) >= 11 is 13.2. The summed E-state index contributed by atoms with van der Waals surface area (Å²) in [5.74, 6) is 0. The van der Waals surface area contributed by atoms with E-state index in [0.717, 1.165) is 51.1 Å². The summed E-state index contributed by atoms with van der Waals surface area (Å²) in [6.45, 7) is 1.00. The fourth-order valence-corrected chi connectivity index (χ4v) is 5.95. The van der Waals surface area contributed by atoms with Gasteiger partial charge in [0.25, 0.3) is 0 Å².